The first-order valence-electron chi connectivity index (χ1n) is 15.3. The van der Waals surface area contributed by atoms with Gasteiger partial charge in [-0.1, -0.05) is 152 Å². The molecule has 0 amide bonds. The highest BCUT2D eigenvalue weighted by Crippen LogP contribution is 2.31. The van der Waals surface area contributed by atoms with Gasteiger partial charge in [-0.2, -0.15) is 0 Å². The van der Waals surface area contributed by atoms with Gasteiger partial charge in [0.25, 0.3) is 0 Å². The van der Waals surface area contributed by atoms with E-state index in [9.17, 15) is 0 Å². The van der Waals surface area contributed by atoms with Gasteiger partial charge in [-0.05, 0) is 81.1 Å². The van der Waals surface area contributed by atoms with E-state index >= 15 is 0 Å². The quantitative estimate of drug-likeness (QED) is 0.213. The minimum absolute atomic E-state index is 0.249. The molecule has 0 aliphatic carbocycles. The predicted octanol–water partition coefficient (Wildman–Crippen LogP) is 10.6. The van der Waals surface area contributed by atoms with Crippen LogP contribution in [0.25, 0.3) is 39.1 Å². The molecule has 1 aliphatic heterocycles. The second-order valence-corrected chi connectivity index (χ2v) is 11.2. The summed E-state index contributed by atoms with van der Waals surface area (Å²) in [7, 11) is 0. The Labute approximate surface area is 260 Å². The fourth-order valence-electron chi connectivity index (χ4n) is 5.91. The van der Waals surface area contributed by atoms with Crippen molar-refractivity contribution in [3.8, 4) is 33.4 Å². The Balaban J connectivity index is 1.29. The van der Waals surface area contributed by atoms with Gasteiger partial charge in [0.2, 0.25) is 0 Å². The summed E-state index contributed by atoms with van der Waals surface area (Å²) in [5.74, 6) is 0. The number of hydrogen-bond acceptors (Lipinski definition) is 2. The van der Waals surface area contributed by atoms with E-state index in [-0.39, 0.29) is 6.17 Å². The molecular weight excluding hydrogens is 532 g/mol. The summed E-state index contributed by atoms with van der Waals surface area (Å²) in [6.07, 6.45) is 3.84. The van der Waals surface area contributed by atoms with Crippen LogP contribution in [-0.4, -0.2) is 5.71 Å². The maximum Gasteiger partial charge on any atom is 0.145 e. The molecule has 2 nitrogen and oxygen atoms in total. The van der Waals surface area contributed by atoms with E-state index in [0.717, 1.165) is 29.8 Å². The lowest BCUT2D eigenvalue weighted by Crippen LogP contribution is -2.22. The first-order chi connectivity index (χ1) is 21.8. The van der Waals surface area contributed by atoms with Crippen LogP contribution >= 0.6 is 0 Å². The second-order valence-electron chi connectivity index (χ2n) is 11.2. The molecule has 0 saturated carbocycles. The van der Waals surface area contributed by atoms with Gasteiger partial charge < -0.3 is 5.32 Å². The molecule has 212 valence electrons. The third-order valence-electron chi connectivity index (χ3n) is 8.20. The minimum atomic E-state index is -0.249. The van der Waals surface area contributed by atoms with Gasteiger partial charge in [0.1, 0.15) is 6.17 Å². The normalized spacial score (nSPS) is 17.2. The summed E-state index contributed by atoms with van der Waals surface area (Å²) in [4.78, 5) is 5.47. The highest BCUT2D eigenvalue weighted by molar-refractivity contribution is 6.02. The van der Waals surface area contributed by atoms with Crippen LogP contribution < -0.4 is 5.32 Å². The summed E-state index contributed by atoms with van der Waals surface area (Å²) in [5, 5.41) is 3.87. The number of benzene rings is 6. The van der Waals surface area contributed by atoms with Crippen molar-refractivity contribution in [1.82, 2.24) is 5.32 Å². The predicted molar refractivity (Wildman–Crippen MR) is 185 cm³/mol. The lowest BCUT2D eigenvalue weighted by molar-refractivity contribution is 0.661. The molecule has 0 spiro atoms. The molecule has 44 heavy (non-hydrogen) atoms. The van der Waals surface area contributed by atoms with E-state index in [4.69, 9.17) is 4.99 Å². The van der Waals surface area contributed by atoms with Crippen LogP contribution in [0.1, 0.15) is 35.7 Å². The van der Waals surface area contributed by atoms with E-state index in [1.165, 1.54) is 44.5 Å². The third-order valence-corrected chi connectivity index (χ3v) is 8.20. The van der Waals surface area contributed by atoms with E-state index in [0.29, 0.717) is 0 Å². The Morgan fingerprint density at radius 3 is 1.48 bits per heavy atom. The molecule has 1 N–H and O–H groups in total. The van der Waals surface area contributed by atoms with Gasteiger partial charge >= 0.3 is 0 Å². The monoisotopic (exact) mass is 566 g/mol. The first kappa shape index (κ1) is 27.4. The van der Waals surface area contributed by atoms with E-state index in [2.05, 4.69) is 175 Å². The standard InChI is InChI=1S/C42H34N2/c1-4-14-31(15-5-1)34-20-10-23-37(28-34)40-26-13-27-41(38-24-11-21-35(29-38)32-16-6-2-7-17-32)44-42(43-40)39-25-12-22-36(30-39)33-18-8-3-9-19-33/h1-12,14-26,28-30,42-43H,13,27H2/b40-26-,44-41+. The summed E-state index contributed by atoms with van der Waals surface area (Å²) < 4.78 is 0. The lowest BCUT2D eigenvalue weighted by Gasteiger charge is -2.24. The van der Waals surface area contributed by atoms with Gasteiger partial charge in [-0.3, -0.25) is 4.99 Å². The van der Waals surface area contributed by atoms with Crippen molar-refractivity contribution in [3.63, 3.8) is 0 Å². The Hall–Kier alpha value is -5.47. The average Bonchev–Trinajstić information content (AvgIpc) is 3.10. The molecule has 7 rings (SSSR count). The van der Waals surface area contributed by atoms with Crippen molar-refractivity contribution >= 4 is 11.4 Å². The van der Waals surface area contributed by atoms with Crippen molar-refractivity contribution in [2.75, 3.05) is 0 Å². The third kappa shape index (κ3) is 6.16. The molecule has 6 aromatic rings. The van der Waals surface area contributed by atoms with Crippen LogP contribution in [-0.2, 0) is 0 Å². The summed E-state index contributed by atoms with van der Waals surface area (Å²) in [6, 6.07) is 58.1. The smallest absolute Gasteiger partial charge is 0.145 e. The van der Waals surface area contributed by atoms with Crippen LogP contribution in [0, 0.1) is 0 Å². The van der Waals surface area contributed by atoms with Crippen molar-refractivity contribution in [2.45, 2.75) is 19.0 Å². The molecule has 1 unspecified atom stereocenters. The molecule has 0 fully saturated rings. The fourth-order valence-corrected chi connectivity index (χ4v) is 5.91. The fraction of sp³-hybridized carbons (Fsp3) is 0.0714. The maximum atomic E-state index is 5.47. The topological polar surface area (TPSA) is 24.4 Å². The van der Waals surface area contributed by atoms with Crippen molar-refractivity contribution < 1.29 is 0 Å². The number of allylic oxidation sites excluding steroid dienone is 1. The number of nitrogens with zero attached hydrogens (tertiary/aromatic N) is 1. The number of nitrogens with one attached hydrogen (secondary N) is 1. The molecule has 6 aromatic carbocycles. The van der Waals surface area contributed by atoms with Crippen molar-refractivity contribution in [3.05, 3.63) is 187 Å². The van der Waals surface area contributed by atoms with Crippen LogP contribution in [0.4, 0.5) is 0 Å². The molecule has 0 radical (unpaired) electrons. The van der Waals surface area contributed by atoms with Gasteiger partial charge in [0, 0.05) is 11.4 Å². The zero-order valence-corrected chi connectivity index (χ0v) is 24.6. The van der Waals surface area contributed by atoms with Gasteiger partial charge in [-0.25, -0.2) is 0 Å². The van der Waals surface area contributed by atoms with Crippen molar-refractivity contribution in [2.24, 2.45) is 4.99 Å². The Morgan fingerprint density at radius 2 is 0.886 bits per heavy atom. The van der Waals surface area contributed by atoms with Crippen LogP contribution in [0.15, 0.2) is 175 Å². The zero-order valence-electron chi connectivity index (χ0n) is 24.6. The Bertz CT molecular complexity index is 1920. The molecular formula is C42H34N2. The van der Waals surface area contributed by atoms with E-state index in [1.54, 1.807) is 0 Å². The zero-order chi connectivity index (χ0) is 29.6. The number of aliphatic imine (C=N–C) groups is 1. The summed E-state index contributed by atoms with van der Waals surface area (Å²) in [6.45, 7) is 0. The minimum Gasteiger partial charge on any atom is -0.360 e. The molecule has 1 atom stereocenters. The maximum absolute atomic E-state index is 5.47. The van der Waals surface area contributed by atoms with Crippen LogP contribution in [0.5, 0.6) is 0 Å². The van der Waals surface area contributed by atoms with E-state index in [1.807, 2.05) is 0 Å². The highest BCUT2D eigenvalue weighted by Gasteiger charge is 2.19. The Kier molecular flexibility index (Phi) is 7.97. The van der Waals surface area contributed by atoms with Gasteiger partial charge in [-0.15, -0.1) is 0 Å². The van der Waals surface area contributed by atoms with Crippen molar-refractivity contribution in [1.29, 1.82) is 0 Å². The van der Waals surface area contributed by atoms with Crippen LogP contribution in [0.2, 0.25) is 0 Å². The van der Waals surface area contributed by atoms with Crippen LogP contribution in [0.3, 0.4) is 0 Å². The van der Waals surface area contributed by atoms with Gasteiger partial charge in [0.15, 0.2) is 0 Å². The molecule has 1 heterocycles. The Morgan fingerprint density at radius 1 is 0.432 bits per heavy atom. The first-order valence-corrected chi connectivity index (χ1v) is 15.3. The lowest BCUT2D eigenvalue weighted by atomic mass is 9.96. The molecule has 1 aliphatic rings. The largest absolute Gasteiger partial charge is 0.360 e. The average molecular weight is 567 g/mol. The molecule has 0 bridgehead atoms. The molecule has 0 aromatic heterocycles. The van der Waals surface area contributed by atoms with Gasteiger partial charge in [0.05, 0.1) is 0 Å². The summed E-state index contributed by atoms with van der Waals surface area (Å²) >= 11 is 0. The summed E-state index contributed by atoms with van der Waals surface area (Å²) in [5.41, 5.74) is 12.9. The van der Waals surface area contributed by atoms with E-state index < -0.39 is 0 Å². The molecule has 2 heteroatoms. The SMILES string of the molecule is C1=C(/c2cccc(-c3ccccc3)c2)NC(c2cccc(-c3ccccc3)c2)/N=C(/c2cccc(-c3ccccc3)c2)CC/1. The highest BCUT2D eigenvalue weighted by atomic mass is 15.1. The number of rotatable bonds is 6. The number of hydrogen-bond donors (Lipinski definition) is 1. The molecule has 0 saturated heterocycles. The second kappa shape index (κ2) is 12.8.